The number of imide groups is 1. The molecule has 2 N–H and O–H groups in total. The maximum atomic E-state index is 12.1. The molecule has 1 fully saturated rings. The minimum atomic E-state index is -0.144. The van der Waals surface area contributed by atoms with Crippen LogP contribution < -0.4 is 5.73 Å². The molecule has 94 valence electrons. The van der Waals surface area contributed by atoms with Crippen LogP contribution in [0.25, 0.3) is 0 Å². The van der Waals surface area contributed by atoms with E-state index in [2.05, 4.69) is 0 Å². The van der Waals surface area contributed by atoms with Crippen LogP contribution in [0.5, 0.6) is 0 Å². The SMILES string of the molecule is CC1=C(C)C(=O)N(C(CN)C2CCCC2)C1=O. The molecule has 4 heteroatoms. The van der Waals surface area contributed by atoms with Crippen LogP contribution in [0, 0.1) is 5.92 Å². The van der Waals surface area contributed by atoms with Gasteiger partial charge in [0.2, 0.25) is 0 Å². The first-order valence-electron chi connectivity index (χ1n) is 6.33. The average molecular weight is 236 g/mol. The Morgan fingerprint density at radius 2 is 1.65 bits per heavy atom. The fraction of sp³-hybridized carbons (Fsp3) is 0.692. The molecule has 0 saturated heterocycles. The highest BCUT2D eigenvalue weighted by Crippen LogP contribution is 2.33. The molecule has 1 atom stereocenters. The predicted molar refractivity (Wildman–Crippen MR) is 65.0 cm³/mol. The van der Waals surface area contributed by atoms with Crippen molar-refractivity contribution in [2.24, 2.45) is 11.7 Å². The Morgan fingerprint density at radius 3 is 2.06 bits per heavy atom. The second-order valence-corrected chi connectivity index (χ2v) is 5.08. The maximum absolute atomic E-state index is 12.1. The van der Waals surface area contributed by atoms with Crippen LogP contribution >= 0.6 is 0 Å². The smallest absolute Gasteiger partial charge is 0.257 e. The zero-order chi connectivity index (χ0) is 12.6. The quantitative estimate of drug-likeness (QED) is 0.749. The third-order valence-corrected chi connectivity index (χ3v) is 4.16. The second-order valence-electron chi connectivity index (χ2n) is 5.08. The second kappa shape index (κ2) is 4.61. The number of rotatable bonds is 3. The van der Waals surface area contributed by atoms with Crippen molar-refractivity contribution < 1.29 is 9.59 Å². The fourth-order valence-corrected chi connectivity index (χ4v) is 2.93. The van der Waals surface area contributed by atoms with Crippen LogP contribution in [0.15, 0.2) is 11.1 Å². The van der Waals surface area contributed by atoms with E-state index in [1.54, 1.807) is 13.8 Å². The lowest BCUT2D eigenvalue weighted by Crippen LogP contribution is -2.48. The van der Waals surface area contributed by atoms with Crippen molar-refractivity contribution in [2.45, 2.75) is 45.6 Å². The van der Waals surface area contributed by atoms with Gasteiger partial charge in [-0.3, -0.25) is 14.5 Å². The molecule has 0 spiro atoms. The minimum absolute atomic E-state index is 0.107. The van der Waals surface area contributed by atoms with E-state index in [9.17, 15) is 9.59 Å². The Kier molecular flexibility index (Phi) is 3.33. The molecule has 0 bridgehead atoms. The third kappa shape index (κ3) is 1.90. The number of carbonyl (C=O) groups is 2. The van der Waals surface area contributed by atoms with Crippen molar-refractivity contribution in [3.8, 4) is 0 Å². The summed E-state index contributed by atoms with van der Waals surface area (Å²) in [5.41, 5.74) is 6.93. The van der Waals surface area contributed by atoms with Crippen LogP contribution in [-0.4, -0.2) is 29.3 Å². The number of nitrogens with zero attached hydrogens (tertiary/aromatic N) is 1. The molecule has 4 nitrogen and oxygen atoms in total. The van der Waals surface area contributed by atoms with Gasteiger partial charge in [-0.1, -0.05) is 12.8 Å². The summed E-state index contributed by atoms with van der Waals surface area (Å²) in [4.78, 5) is 25.6. The van der Waals surface area contributed by atoms with Gasteiger partial charge in [0.1, 0.15) is 0 Å². The number of nitrogens with two attached hydrogens (primary N) is 1. The van der Waals surface area contributed by atoms with Crippen LogP contribution in [-0.2, 0) is 9.59 Å². The van der Waals surface area contributed by atoms with E-state index in [1.807, 2.05) is 0 Å². The number of carbonyl (C=O) groups excluding carboxylic acids is 2. The molecule has 0 aromatic rings. The van der Waals surface area contributed by atoms with Crippen LogP contribution in [0.2, 0.25) is 0 Å². The molecule has 1 unspecified atom stereocenters. The highest BCUT2D eigenvalue weighted by atomic mass is 16.2. The molecule has 1 saturated carbocycles. The number of hydrogen-bond acceptors (Lipinski definition) is 3. The topological polar surface area (TPSA) is 63.4 Å². The summed E-state index contributed by atoms with van der Waals surface area (Å²) in [6.45, 7) is 3.82. The van der Waals surface area contributed by atoms with E-state index in [-0.39, 0.29) is 17.9 Å². The van der Waals surface area contributed by atoms with E-state index in [0.29, 0.717) is 23.6 Å². The lowest BCUT2D eigenvalue weighted by molar-refractivity contribution is -0.141. The first kappa shape index (κ1) is 12.3. The van der Waals surface area contributed by atoms with Crippen molar-refractivity contribution in [1.29, 1.82) is 0 Å². The van der Waals surface area contributed by atoms with Gasteiger partial charge in [0.25, 0.3) is 11.8 Å². The molecule has 17 heavy (non-hydrogen) atoms. The van der Waals surface area contributed by atoms with Crippen molar-refractivity contribution in [3.05, 3.63) is 11.1 Å². The molecule has 0 aromatic heterocycles. The molecule has 0 radical (unpaired) electrons. The molecule has 2 aliphatic rings. The standard InChI is InChI=1S/C13H20N2O2/c1-8-9(2)13(17)15(12(8)16)11(7-14)10-5-3-4-6-10/h10-11H,3-7,14H2,1-2H3. The Bertz CT molecular complexity index is 357. The highest BCUT2D eigenvalue weighted by molar-refractivity contribution is 6.19. The van der Waals surface area contributed by atoms with Gasteiger partial charge >= 0.3 is 0 Å². The van der Waals surface area contributed by atoms with Crippen molar-refractivity contribution in [1.82, 2.24) is 4.90 Å². The molecule has 1 heterocycles. The number of amides is 2. The van der Waals surface area contributed by atoms with E-state index in [4.69, 9.17) is 5.73 Å². The van der Waals surface area contributed by atoms with Crippen molar-refractivity contribution in [3.63, 3.8) is 0 Å². The highest BCUT2D eigenvalue weighted by Gasteiger charge is 2.41. The molecule has 1 aliphatic carbocycles. The van der Waals surface area contributed by atoms with Gasteiger partial charge in [-0.25, -0.2) is 0 Å². The zero-order valence-electron chi connectivity index (χ0n) is 10.5. The lowest BCUT2D eigenvalue weighted by Gasteiger charge is -2.30. The van der Waals surface area contributed by atoms with Gasteiger partial charge < -0.3 is 5.73 Å². The van der Waals surface area contributed by atoms with Crippen molar-refractivity contribution in [2.75, 3.05) is 6.54 Å². The largest absolute Gasteiger partial charge is 0.328 e. The van der Waals surface area contributed by atoms with E-state index in [0.717, 1.165) is 12.8 Å². The monoisotopic (exact) mass is 236 g/mol. The zero-order valence-corrected chi connectivity index (χ0v) is 10.5. The van der Waals surface area contributed by atoms with Crippen LogP contribution in [0.1, 0.15) is 39.5 Å². The maximum Gasteiger partial charge on any atom is 0.257 e. The molecule has 2 rings (SSSR count). The first-order chi connectivity index (χ1) is 8.07. The molecular formula is C13H20N2O2. The predicted octanol–water partition coefficient (Wildman–Crippen LogP) is 1.21. The van der Waals surface area contributed by atoms with Crippen LogP contribution in [0.4, 0.5) is 0 Å². The van der Waals surface area contributed by atoms with Crippen molar-refractivity contribution >= 4 is 11.8 Å². The lowest BCUT2D eigenvalue weighted by atomic mass is 9.96. The molecule has 0 aromatic carbocycles. The van der Waals surface area contributed by atoms with E-state index < -0.39 is 0 Å². The molecule has 1 aliphatic heterocycles. The summed E-state index contributed by atoms with van der Waals surface area (Å²) in [5.74, 6) is 0.108. The van der Waals surface area contributed by atoms with E-state index in [1.165, 1.54) is 17.7 Å². The Balaban J connectivity index is 2.22. The van der Waals surface area contributed by atoms with Gasteiger partial charge in [0.05, 0.1) is 6.04 Å². The Labute approximate surface area is 102 Å². The average Bonchev–Trinajstić information content (AvgIpc) is 2.90. The summed E-state index contributed by atoms with van der Waals surface area (Å²) in [7, 11) is 0. The minimum Gasteiger partial charge on any atom is -0.328 e. The van der Waals surface area contributed by atoms with Gasteiger partial charge in [0.15, 0.2) is 0 Å². The molecule has 2 amide bonds. The molecular weight excluding hydrogens is 216 g/mol. The summed E-state index contributed by atoms with van der Waals surface area (Å²) in [6, 6.07) is -0.107. The van der Waals surface area contributed by atoms with E-state index >= 15 is 0 Å². The van der Waals surface area contributed by atoms with Gasteiger partial charge in [-0.2, -0.15) is 0 Å². The fourth-order valence-electron chi connectivity index (χ4n) is 2.93. The van der Waals surface area contributed by atoms with Gasteiger partial charge in [0, 0.05) is 17.7 Å². The summed E-state index contributed by atoms with van der Waals surface area (Å²) >= 11 is 0. The summed E-state index contributed by atoms with van der Waals surface area (Å²) < 4.78 is 0. The summed E-state index contributed by atoms with van der Waals surface area (Å²) in [6.07, 6.45) is 4.53. The Hall–Kier alpha value is -1.16. The third-order valence-electron chi connectivity index (χ3n) is 4.16. The Morgan fingerprint density at radius 1 is 1.18 bits per heavy atom. The van der Waals surface area contributed by atoms with Crippen LogP contribution in [0.3, 0.4) is 0 Å². The summed E-state index contributed by atoms with van der Waals surface area (Å²) in [5, 5.41) is 0. The number of hydrogen-bond donors (Lipinski definition) is 1. The van der Waals surface area contributed by atoms with Gasteiger partial charge in [-0.15, -0.1) is 0 Å². The normalized spacial score (nSPS) is 24.1. The van der Waals surface area contributed by atoms with Gasteiger partial charge in [-0.05, 0) is 32.6 Å². The first-order valence-corrected chi connectivity index (χ1v) is 6.33.